The van der Waals surface area contributed by atoms with E-state index in [1.807, 2.05) is 30.3 Å². The molecule has 0 unspecified atom stereocenters. The molecule has 26 heavy (non-hydrogen) atoms. The summed E-state index contributed by atoms with van der Waals surface area (Å²) in [7, 11) is 0. The van der Waals surface area contributed by atoms with Crippen molar-refractivity contribution in [3.63, 3.8) is 0 Å². The number of fused-ring (bicyclic) bond motifs is 1. The zero-order valence-corrected chi connectivity index (χ0v) is 15.4. The molecule has 2 aromatic rings. The molecule has 0 radical (unpaired) electrons. The van der Waals surface area contributed by atoms with Crippen molar-refractivity contribution < 1.29 is 14.3 Å². The van der Waals surface area contributed by atoms with Gasteiger partial charge in [-0.25, -0.2) is 0 Å². The van der Waals surface area contributed by atoms with Crippen molar-refractivity contribution in [1.82, 2.24) is 4.90 Å². The average Bonchev–Trinajstić information content (AvgIpc) is 2.69. The Balaban J connectivity index is 1.35. The molecule has 136 valence electrons. The summed E-state index contributed by atoms with van der Waals surface area (Å²) >= 11 is 5.94. The first-order chi connectivity index (χ1) is 12.7. The van der Waals surface area contributed by atoms with Crippen molar-refractivity contribution in [1.29, 1.82) is 0 Å². The standard InChI is InChI=1S/C21H22ClNO3/c22-18-4-1-15(2-5-18)14-23-9-7-16(8-10-23)21(24)17-3-6-19-20(13-17)26-12-11-25-19/h1-6,13,16H,7-12,14H2. The number of piperidine rings is 1. The van der Waals surface area contributed by atoms with Crippen LogP contribution in [0.15, 0.2) is 42.5 Å². The first-order valence-corrected chi connectivity index (χ1v) is 9.47. The van der Waals surface area contributed by atoms with Crippen molar-refractivity contribution >= 4 is 17.4 Å². The van der Waals surface area contributed by atoms with Crippen LogP contribution >= 0.6 is 11.6 Å². The van der Waals surface area contributed by atoms with E-state index in [9.17, 15) is 4.79 Å². The van der Waals surface area contributed by atoms with Crippen LogP contribution in [0.1, 0.15) is 28.8 Å². The number of ketones is 1. The molecule has 0 bridgehead atoms. The van der Waals surface area contributed by atoms with E-state index in [0.29, 0.717) is 19.0 Å². The second-order valence-corrected chi connectivity index (χ2v) is 7.34. The fourth-order valence-electron chi connectivity index (χ4n) is 3.63. The van der Waals surface area contributed by atoms with Gasteiger partial charge in [-0.15, -0.1) is 0 Å². The Morgan fingerprint density at radius 1 is 1.00 bits per heavy atom. The summed E-state index contributed by atoms with van der Waals surface area (Å²) in [5.74, 6) is 1.71. The van der Waals surface area contributed by atoms with Gasteiger partial charge in [0.15, 0.2) is 17.3 Å². The number of ether oxygens (including phenoxy) is 2. The summed E-state index contributed by atoms with van der Waals surface area (Å²) in [6.45, 7) is 3.87. The van der Waals surface area contributed by atoms with E-state index >= 15 is 0 Å². The predicted molar refractivity (Wildman–Crippen MR) is 101 cm³/mol. The number of benzene rings is 2. The Morgan fingerprint density at radius 3 is 2.42 bits per heavy atom. The zero-order valence-electron chi connectivity index (χ0n) is 14.6. The molecule has 0 aliphatic carbocycles. The second kappa shape index (κ2) is 7.68. The largest absolute Gasteiger partial charge is 0.486 e. The van der Waals surface area contributed by atoms with Crippen molar-refractivity contribution in [3.8, 4) is 11.5 Å². The van der Waals surface area contributed by atoms with Crippen LogP contribution in [-0.2, 0) is 6.54 Å². The monoisotopic (exact) mass is 371 g/mol. The Morgan fingerprint density at radius 2 is 1.69 bits per heavy atom. The molecule has 0 saturated carbocycles. The smallest absolute Gasteiger partial charge is 0.166 e. The molecule has 1 fully saturated rings. The molecule has 4 rings (SSSR count). The molecule has 5 heteroatoms. The van der Waals surface area contributed by atoms with Crippen LogP contribution in [0.3, 0.4) is 0 Å². The van der Waals surface area contributed by atoms with E-state index in [-0.39, 0.29) is 11.7 Å². The lowest BCUT2D eigenvalue weighted by atomic mass is 9.88. The lowest BCUT2D eigenvalue weighted by Crippen LogP contribution is -2.36. The number of likely N-dealkylation sites (tertiary alicyclic amines) is 1. The molecule has 0 amide bonds. The summed E-state index contributed by atoms with van der Waals surface area (Å²) in [4.78, 5) is 15.3. The molecule has 4 nitrogen and oxygen atoms in total. The van der Waals surface area contributed by atoms with Crippen LogP contribution in [0.25, 0.3) is 0 Å². The third-order valence-electron chi connectivity index (χ3n) is 5.10. The highest BCUT2D eigenvalue weighted by molar-refractivity contribution is 6.30. The molecule has 2 heterocycles. The molecular weight excluding hydrogens is 350 g/mol. The minimum absolute atomic E-state index is 0.0824. The maximum Gasteiger partial charge on any atom is 0.166 e. The molecule has 2 aliphatic heterocycles. The van der Waals surface area contributed by atoms with E-state index in [0.717, 1.165) is 48.8 Å². The number of hydrogen-bond donors (Lipinski definition) is 0. The molecular formula is C21H22ClNO3. The van der Waals surface area contributed by atoms with Gasteiger partial charge in [0.2, 0.25) is 0 Å². The fourth-order valence-corrected chi connectivity index (χ4v) is 3.76. The quantitative estimate of drug-likeness (QED) is 0.755. The highest BCUT2D eigenvalue weighted by Gasteiger charge is 2.26. The number of Topliss-reactive ketones (excluding diaryl/α,β-unsaturated/α-hetero) is 1. The number of halogens is 1. The van der Waals surface area contributed by atoms with Gasteiger partial charge in [-0.3, -0.25) is 9.69 Å². The van der Waals surface area contributed by atoms with Crippen molar-refractivity contribution in [2.45, 2.75) is 19.4 Å². The van der Waals surface area contributed by atoms with Crippen LogP contribution in [-0.4, -0.2) is 37.0 Å². The van der Waals surface area contributed by atoms with E-state index < -0.39 is 0 Å². The minimum atomic E-state index is 0.0824. The Kier molecular flexibility index (Phi) is 5.14. The molecule has 2 aromatic carbocycles. The van der Waals surface area contributed by atoms with Gasteiger partial charge in [0, 0.05) is 23.0 Å². The number of carbonyl (C=O) groups excluding carboxylic acids is 1. The Labute approximate surface area is 158 Å². The Hall–Kier alpha value is -2.04. The molecule has 0 N–H and O–H groups in total. The first-order valence-electron chi connectivity index (χ1n) is 9.10. The highest BCUT2D eigenvalue weighted by Crippen LogP contribution is 2.32. The van der Waals surface area contributed by atoms with Gasteiger partial charge in [0.1, 0.15) is 13.2 Å². The van der Waals surface area contributed by atoms with Crippen LogP contribution in [0, 0.1) is 5.92 Å². The van der Waals surface area contributed by atoms with E-state index in [1.165, 1.54) is 5.56 Å². The van der Waals surface area contributed by atoms with Crippen molar-refractivity contribution in [2.24, 2.45) is 5.92 Å². The van der Waals surface area contributed by atoms with Gasteiger partial charge < -0.3 is 9.47 Å². The summed E-state index contributed by atoms with van der Waals surface area (Å²) in [5.41, 5.74) is 1.98. The van der Waals surface area contributed by atoms with E-state index in [4.69, 9.17) is 21.1 Å². The zero-order chi connectivity index (χ0) is 17.9. The lowest BCUT2D eigenvalue weighted by molar-refractivity contribution is 0.0833. The van der Waals surface area contributed by atoms with Crippen molar-refractivity contribution in [2.75, 3.05) is 26.3 Å². The summed E-state index contributed by atoms with van der Waals surface area (Å²) in [5, 5.41) is 0.762. The van der Waals surface area contributed by atoms with Crippen LogP contribution in [0.5, 0.6) is 11.5 Å². The third-order valence-corrected chi connectivity index (χ3v) is 5.36. The fraction of sp³-hybridized carbons (Fsp3) is 0.381. The minimum Gasteiger partial charge on any atom is -0.486 e. The molecule has 0 aromatic heterocycles. The first kappa shape index (κ1) is 17.4. The summed E-state index contributed by atoms with van der Waals surface area (Å²) in [6, 6.07) is 13.5. The van der Waals surface area contributed by atoms with E-state index in [2.05, 4.69) is 17.0 Å². The number of hydrogen-bond acceptors (Lipinski definition) is 4. The highest BCUT2D eigenvalue weighted by atomic mass is 35.5. The molecule has 1 saturated heterocycles. The normalized spacial score (nSPS) is 17.9. The topological polar surface area (TPSA) is 38.8 Å². The SMILES string of the molecule is O=C(c1ccc2c(c1)OCCO2)C1CCN(Cc2ccc(Cl)cc2)CC1. The Bertz CT molecular complexity index is 782. The second-order valence-electron chi connectivity index (χ2n) is 6.90. The maximum atomic E-state index is 12.9. The summed E-state index contributed by atoms with van der Waals surface area (Å²) < 4.78 is 11.1. The van der Waals surface area contributed by atoms with Crippen LogP contribution < -0.4 is 9.47 Å². The van der Waals surface area contributed by atoms with Gasteiger partial charge in [-0.1, -0.05) is 23.7 Å². The van der Waals surface area contributed by atoms with Crippen molar-refractivity contribution in [3.05, 3.63) is 58.6 Å². The van der Waals surface area contributed by atoms with Gasteiger partial charge in [-0.2, -0.15) is 0 Å². The predicted octanol–water partition coefficient (Wildman–Crippen LogP) is 4.21. The van der Waals surface area contributed by atoms with Gasteiger partial charge in [0.25, 0.3) is 0 Å². The lowest BCUT2D eigenvalue weighted by Gasteiger charge is -2.31. The summed E-state index contributed by atoms with van der Waals surface area (Å²) in [6.07, 6.45) is 1.78. The number of nitrogens with zero attached hydrogens (tertiary/aromatic N) is 1. The van der Waals surface area contributed by atoms with Gasteiger partial charge in [0.05, 0.1) is 0 Å². The maximum absolute atomic E-state index is 12.9. The van der Waals surface area contributed by atoms with Crippen LogP contribution in [0.4, 0.5) is 0 Å². The number of rotatable bonds is 4. The van der Waals surface area contributed by atoms with Gasteiger partial charge >= 0.3 is 0 Å². The van der Waals surface area contributed by atoms with Crippen LogP contribution in [0.2, 0.25) is 5.02 Å². The average molecular weight is 372 g/mol. The van der Waals surface area contributed by atoms with E-state index in [1.54, 1.807) is 0 Å². The molecule has 0 spiro atoms. The third kappa shape index (κ3) is 3.87. The number of carbonyl (C=O) groups is 1. The molecule has 2 aliphatic rings. The van der Waals surface area contributed by atoms with Gasteiger partial charge in [-0.05, 0) is 61.8 Å². The molecule has 0 atom stereocenters.